The number of aryl methyl sites for hydroxylation is 2. The lowest BCUT2D eigenvalue weighted by molar-refractivity contribution is -0.121. The standard InChI is InChI=1S/C22H22N4O4/c1-30-18-6-3-2-5-14(18)9-11-20(27)24-25-21(28)15-8-10-16-17(13-15)23-19-7-4-12-26(19)22(16)29/h2-3,5-6,8,10,13H,4,7,9,11-12H2,1H3,(H,24,27)(H,25,28). The van der Waals surface area contributed by atoms with Gasteiger partial charge in [-0.1, -0.05) is 18.2 Å². The predicted octanol–water partition coefficient (Wildman–Crippen LogP) is 1.75. The molecule has 1 aliphatic rings. The number of amides is 2. The zero-order valence-electron chi connectivity index (χ0n) is 16.6. The number of hydrogen-bond acceptors (Lipinski definition) is 5. The van der Waals surface area contributed by atoms with E-state index in [9.17, 15) is 14.4 Å². The highest BCUT2D eigenvalue weighted by molar-refractivity contribution is 5.98. The number of para-hydroxylation sites is 1. The second-order valence-corrected chi connectivity index (χ2v) is 7.13. The van der Waals surface area contributed by atoms with Crippen LogP contribution in [0.3, 0.4) is 0 Å². The van der Waals surface area contributed by atoms with Crippen molar-refractivity contribution in [2.75, 3.05) is 7.11 Å². The van der Waals surface area contributed by atoms with E-state index in [1.165, 1.54) is 0 Å². The Balaban J connectivity index is 1.39. The van der Waals surface area contributed by atoms with E-state index >= 15 is 0 Å². The molecule has 30 heavy (non-hydrogen) atoms. The molecule has 0 bridgehead atoms. The lowest BCUT2D eigenvalue weighted by atomic mass is 10.1. The molecule has 0 fully saturated rings. The van der Waals surface area contributed by atoms with Gasteiger partial charge in [-0.2, -0.15) is 0 Å². The van der Waals surface area contributed by atoms with E-state index in [2.05, 4.69) is 15.8 Å². The normalized spacial score (nSPS) is 12.4. The summed E-state index contributed by atoms with van der Waals surface area (Å²) in [7, 11) is 1.58. The molecule has 0 saturated heterocycles. The van der Waals surface area contributed by atoms with Crippen LogP contribution in [0.15, 0.2) is 47.3 Å². The molecule has 2 aromatic carbocycles. The predicted molar refractivity (Wildman–Crippen MR) is 111 cm³/mol. The summed E-state index contributed by atoms with van der Waals surface area (Å²) in [5, 5.41) is 0.484. The molecule has 4 rings (SSSR count). The molecule has 2 N–H and O–H groups in total. The van der Waals surface area contributed by atoms with Gasteiger partial charge in [0.25, 0.3) is 11.5 Å². The van der Waals surface area contributed by atoms with Gasteiger partial charge in [-0.3, -0.25) is 29.8 Å². The molecule has 1 aromatic heterocycles. The van der Waals surface area contributed by atoms with Gasteiger partial charge in [0.15, 0.2) is 0 Å². The molecular weight excluding hydrogens is 384 g/mol. The van der Waals surface area contributed by atoms with Gasteiger partial charge in [-0.05, 0) is 42.7 Å². The molecule has 0 atom stereocenters. The van der Waals surface area contributed by atoms with Gasteiger partial charge in [0, 0.05) is 24.9 Å². The van der Waals surface area contributed by atoms with Crippen LogP contribution in [0.1, 0.15) is 34.6 Å². The molecule has 0 unspecified atom stereocenters. The Morgan fingerprint density at radius 2 is 2.00 bits per heavy atom. The number of fused-ring (bicyclic) bond motifs is 2. The second-order valence-electron chi connectivity index (χ2n) is 7.13. The fourth-order valence-electron chi connectivity index (χ4n) is 3.64. The number of benzene rings is 2. The monoisotopic (exact) mass is 406 g/mol. The minimum atomic E-state index is -0.468. The number of methoxy groups -OCH3 is 1. The summed E-state index contributed by atoms with van der Waals surface area (Å²) in [5.41, 5.74) is 6.49. The van der Waals surface area contributed by atoms with E-state index in [1.807, 2.05) is 24.3 Å². The highest BCUT2D eigenvalue weighted by atomic mass is 16.5. The smallest absolute Gasteiger partial charge is 0.269 e. The van der Waals surface area contributed by atoms with E-state index in [4.69, 9.17) is 4.74 Å². The first-order valence-electron chi connectivity index (χ1n) is 9.81. The minimum Gasteiger partial charge on any atom is -0.496 e. The molecule has 154 valence electrons. The van der Waals surface area contributed by atoms with Crippen molar-refractivity contribution in [3.8, 4) is 5.75 Å². The van der Waals surface area contributed by atoms with Gasteiger partial charge < -0.3 is 4.74 Å². The number of aromatic nitrogens is 2. The molecular formula is C22H22N4O4. The van der Waals surface area contributed by atoms with Crippen LogP contribution in [0.25, 0.3) is 10.9 Å². The third-order valence-electron chi connectivity index (χ3n) is 5.21. The third-order valence-corrected chi connectivity index (χ3v) is 5.21. The number of carbonyl (C=O) groups is 2. The Morgan fingerprint density at radius 3 is 2.83 bits per heavy atom. The summed E-state index contributed by atoms with van der Waals surface area (Å²) in [6.07, 6.45) is 2.33. The third kappa shape index (κ3) is 3.89. The molecule has 2 amide bonds. The van der Waals surface area contributed by atoms with E-state index in [-0.39, 0.29) is 17.9 Å². The molecule has 8 nitrogen and oxygen atoms in total. The number of hydrogen-bond donors (Lipinski definition) is 2. The fourth-order valence-corrected chi connectivity index (χ4v) is 3.64. The fraction of sp³-hybridized carbons (Fsp3) is 0.273. The van der Waals surface area contributed by atoms with Crippen molar-refractivity contribution in [3.63, 3.8) is 0 Å². The second kappa shape index (κ2) is 8.36. The maximum Gasteiger partial charge on any atom is 0.269 e. The van der Waals surface area contributed by atoms with Crippen molar-refractivity contribution in [2.24, 2.45) is 0 Å². The van der Waals surface area contributed by atoms with Gasteiger partial charge in [-0.15, -0.1) is 0 Å². The average Bonchev–Trinajstić information content (AvgIpc) is 3.24. The Kier molecular flexibility index (Phi) is 5.47. The summed E-state index contributed by atoms with van der Waals surface area (Å²) in [5.74, 6) is 0.685. The van der Waals surface area contributed by atoms with E-state index < -0.39 is 5.91 Å². The zero-order valence-corrected chi connectivity index (χ0v) is 16.6. The summed E-state index contributed by atoms with van der Waals surface area (Å²) < 4.78 is 6.96. The van der Waals surface area contributed by atoms with Crippen LogP contribution in [0.5, 0.6) is 5.75 Å². The first-order chi connectivity index (χ1) is 14.6. The van der Waals surface area contributed by atoms with Gasteiger partial charge in [0.2, 0.25) is 5.91 Å². The highest BCUT2D eigenvalue weighted by Gasteiger charge is 2.17. The van der Waals surface area contributed by atoms with E-state index in [1.54, 1.807) is 29.9 Å². The first-order valence-corrected chi connectivity index (χ1v) is 9.81. The first kappa shape index (κ1) is 19.6. The summed E-state index contributed by atoms with van der Waals surface area (Å²) in [6, 6.07) is 12.2. The molecule has 0 spiro atoms. The number of hydrazine groups is 1. The highest BCUT2D eigenvalue weighted by Crippen LogP contribution is 2.19. The Morgan fingerprint density at radius 1 is 1.17 bits per heavy atom. The van der Waals surface area contributed by atoms with E-state index in [0.717, 1.165) is 30.0 Å². The molecule has 2 heterocycles. The SMILES string of the molecule is COc1ccccc1CCC(=O)NNC(=O)c1ccc2c(=O)n3c(nc2c1)CCC3. The molecule has 1 aliphatic heterocycles. The maximum absolute atomic E-state index is 12.5. The van der Waals surface area contributed by atoms with Crippen molar-refractivity contribution >= 4 is 22.7 Å². The molecule has 8 heteroatoms. The number of rotatable bonds is 5. The van der Waals surface area contributed by atoms with Crippen molar-refractivity contribution < 1.29 is 14.3 Å². The van der Waals surface area contributed by atoms with Crippen LogP contribution in [-0.2, 0) is 24.2 Å². The summed E-state index contributed by atoms with van der Waals surface area (Å²) in [6.45, 7) is 0.681. The van der Waals surface area contributed by atoms with Gasteiger partial charge in [0.05, 0.1) is 18.0 Å². The zero-order chi connectivity index (χ0) is 21.1. The van der Waals surface area contributed by atoms with Crippen LogP contribution in [0.2, 0.25) is 0 Å². The Hall–Kier alpha value is -3.68. The van der Waals surface area contributed by atoms with Gasteiger partial charge >= 0.3 is 0 Å². The maximum atomic E-state index is 12.5. The van der Waals surface area contributed by atoms with Crippen molar-refractivity contribution in [1.82, 2.24) is 20.4 Å². The van der Waals surface area contributed by atoms with Crippen LogP contribution >= 0.6 is 0 Å². The quantitative estimate of drug-likeness (QED) is 0.629. The van der Waals surface area contributed by atoms with Crippen molar-refractivity contribution in [3.05, 3.63) is 69.8 Å². The van der Waals surface area contributed by atoms with Crippen LogP contribution in [0, 0.1) is 0 Å². The lowest BCUT2D eigenvalue weighted by Gasteiger charge is -2.10. The molecule has 0 radical (unpaired) electrons. The molecule has 0 aliphatic carbocycles. The Bertz CT molecular complexity index is 1190. The number of carbonyl (C=O) groups excluding carboxylic acids is 2. The number of ether oxygens (including phenoxy) is 1. The summed E-state index contributed by atoms with van der Waals surface area (Å²) >= 11 is 0. The number of nitrogens with one attached hydrogen (secondary N) is 2. The molecule has 3 aromatic rings. The summed E-state index contributed by atoms with van der Waals surface area (Å²) in [4.78, 5) is 41.6. The van der Waals surface area contributed by atoms with Crippen LogP contribution < -0.4 is 21.1 Å². The van der Waals surface area contributed by atoms with Gasteiger partial charge in [0.1, 0.15) is 11.6 Å². The Labute approximate surface area is 172 Å². The largest absolute Gasteiger partial charge is 0.496 e. The average molecular weight is 406 g/mol. The van der Waals surface area contributed by atoms with Gasteiger partial charge in [-0.25, -0.2) is 4.98 Å². The van der Waals surface area contributed by atoms with Crippen molar-refractivity contribution in [1.29, 1.82) is 0 Å². The molecule has 0 saturated carbocycles. The van der Waals surface area contributed by atoms with Crippen LogP contribution in [0.4, 0.5) is 0 Å². The minimum absolute atomic E-state index is 0.0795. The van der Waals surface area contributed by atoms with E-state index in [0.29, 0.717) is 29.4 Å². The van der Waals surface area contributed by atoms with Crippen LogP contribution in [-0.4, -0.2) is 28.5 Å². The van der Waals surface area contributed by atoms with Crippen molar-refractivity contribution in [2.45, 2.75) is 32.2 Å². The number of nitrogens with zero attached hydrogens (tertiary/aromatic N) is 2. The lowest BCUT2D eigenvalue weighted by Crippen LogP contribution is -2.41. The topological polar surface area (TPSA) is 102 Å².